The number of carbonyl (C=O) groups is 1. The first-order valence-electron chi connectivity index (χ1n) is 7.21. The largest absolute Gasteiger partial charge is 0.573 e. The molecule has 2 aromatic heterocycles. The normalized spacial score (nSPS) is 11.2. The first-order chi connectivity index (χ1) is 12.3. The molecule has 132 valence electrons. The number of benzene rings is 1. The van der Waals surface area contributed by atoms with Crippen LogP contribution in [0.2, 0.25) is 0 Å². The summed E-state index contributed by atoms with van der Waals surface area (Å²) in [5.74, 6) is -1.50. The summed E-state index contributed by atoms with van der Waals surface area (Å²) in [5, 5.41) is 9.25. The van der Waals surface area contributed by atoms with Crippen LogP contribution in [0.15, 0.2) is 54.9 Å². The molecule has 0 spiro atoms. The van der Waals surface area contributed by atoms with Crippen molar-refractivity contribution in [2.24, 2.45) is 0 Å². The molecule has 3 rings (SSSR count). The van der Waals surface area contributed by atoms with Crippen molar-refractivity contribution in [3.63, 3.8) is 0 Å². The average molecular weight is 361 g/mol. The van der Waals surface area contributed by atoms with E-state index in [0.29, 0.717) is 11.1 Å². The number of aromatic nitrogens is 3. The lowest BCUT2D eigenvalue weighted by Crippen LogP contribution is -2.16. The van der Waals surface area contributed by atoms with E-state index in [0.717, 1.165) is 12.1 Å². The second-order valence-corrected chi connectivity index (χ2v) is 5.08. The number of aromatic carboxylic acids is 1. The Kier molecular flexibility index (Phi) is 4.53. The van der Waals surface area contributed by atoms with Crippen molar-refractivity contribution in [2.45, 2.75) is 6.36 Å². The van der Waals surface area contributed by atoms with Crippen molar-refractivity contribution >= 4 is 5.97 Å². The minimum Gasteiger partial charge on any atom is -0.477 e. The predicted octanol–water partition coefficient (Wildman–Crippen LogP) is 3.80. The summed E-state index contributed by atoms with van der Waals surface area (Å²) < 4.78 is 40.5. The molecular formula is C17H10F3N3O3. The molecule has 0 aliphatic heterocycles. The van der Waals surface area contributed by atoms with Crippen molar-refractivity contribution in [3.8, 4) is 28.4 Å². The van der Waals surface area contributed by atoms with Gasteiger partial charge < -0.3 is 9.84 Å². The summed E-state index contributed by atoms with van der Waals surface area (Å²) >= 11 is 0. The number of alkyl halides is 3. The van der Waals surface area contributed by atoms with Crippen LogP contribution < -0.4 is 4.74 Å². The van der Waals surface area contributed by atoms with Gasteiger partial charge in [-0.2, -0.15) is 0 Å². The number of hydrogen-bond donors (Lipinski definition) is 1. The molecule has 0 fully saturated rings. The predicted molar refractivity (Wildman–Crippen MR) is 84.3 cm³/mol. The van der Waals surface area contributed by atoms with Gasteiger partial charge in [-0.25, -0.2) is 14.8 Å². The van der Waals surface area contributed by atoms with Gasteiger partial charge in [0.15, 0.2) is 11.5 Å². The van der Waals surface area contributed by atoms with Gasteiger partial charge in [0.2, 0.25) is 0 Å². The highest BCUT2D eigenvalue weighted by atomic mass is 19.4. The van der Waals surface area contributed by atoms with E-state index in [9.17, 15) is 23.1 Å². The lowest BCUT2D eigenvalue weighted by atomic mass is 10.1. The fourth-order valence-corrected chi connectivity index (χ4v) is 2.16. The summed E-state index contributed by atoms with van der Waals surface area (Å²) in [6.45, 7) is 0. The van der Waals surface area contributed by atoms with E-state index >= 15 is 0 Å². The average Bonchev–Trinajstić information content (AvgIpc) is 2.61. The van der Waals surface area contributed by atoms with Crippen molar-refractivity contribution < 1.29 is 27.8 Å². The van der Waals surface area contributed by atoms with Crippen LogP contribution in [-0.4, -0.2) is 32.4 Å². The minimum absolute atomic E-state index is 0.142. The zero-order valence-corrected chi connectivity index (χ0v) is 12.9. The summed E-state index contributed by atoms with van der Waals surface area (Å²) in [6, 6.07) is 9.49. The quantitative estimate of drug-likeness (QED) is 0.761. The highest BCUT2D eigenvalue weighted by Gasteiger charge is 2.31. The second-order valence-electron chi connectivity index (χ2n) is 5.08. The number of ether oxygens (including phenoxy) is 1. The molecule has 0 bridgehead atoms. The lowest BCUT2D eigenvalue weighted by molar-refractivity contribution is -0.274. The number of carboxylic acid groups (broad SMARTS) is 1. The van der Waals surface area contributed by atoms with Crippen LogP contribution in [0.4, 0.5) is 13.2 Å². The Balaban J connectivity index is 2.01. The molecule has 1 aromatic carbocycles. The maximum absolute atomic E-state index is 12.2. The van der Waals surface area contributed by atoms with Gasteiger partial charge in [-0.15, -0.1) is 13.2 Å². The number of nitrogens with zero attached hydrogens (tertiary/aromatic N) is 3. The van der Waals surface area contributed by atoms with E-state index in [1.807, 2.05) is 0 Å². The number of carboxylic acids is 1. The lowest BCUT2D eigenvalue weighted by Gasteiger charge is -2.10. The third kappa shape index (κ3) is 4.12. The van der Waals surface area contributed by atoms with E-state index in [-0.39, 0.29) is 23.0 Å². The molecule has 0 radical (unpaired) electrons. The first kappa shape index (κ1) is 17.3. The first-order valence-corrected chi connectivity index (χ1v) is 7.21. The van der Waals surface area contributed by atoms with Crippen LogP contribution >= 0.6 is 0 Å². The maximum Gasteiger partial charge on any atom is 0.573 e. The van der Waals surface area contributed by atoms with E-state index in [4.69, 9.17) is 0 Å². The number of pyridine rings is 1. The molecular weight excluding hydrogens is 351 g/mol. The molecule has 3 aromatic rings. The summed E-state index contributed by atoms with van der Waals surface area (Å²) in [5.41, 5.74) is 0.919. The van der Waals surface area contributed by atoms with Gasteiger partial charge in [-0.05, 0) is 42.5 Å². The number of hydrogen-bond acceptors (Lipinski definition) is 5. The van der Waals surface area contributed by atoms with Crippen LogP contribution in [0, 0.1) is 0 Å². The van der Waals surface area contributed by atoms with Crippen LogP contribution in [0.25, 0.3) is 22.6 Å². The Morgan fingerprint density at radius 2 is 1.77 bits per heavy atom. The molecule has 0 unspecified atom stereocenters. The smallest absolute Gasteiger partial charge is 0.477 e. The molecule has 0 saturated carbocycles. The fourth-order valence-electron chi connectivity index (χ4n) is 2.16. The molecule has 9 heteroatoms. The topological polar surface area (TPSA) is 85.2 Å². The Morgan fingerprint density at radius 3 is 2.35 bits per heavy atom. The zero-order chi connectivity index (χ0) is 18.7. The SMILES string of the molecule is O=C(O)c1cc(-c2ccc(OC(F)(F)F)cc2)nc(-c2cccnc2)n1. The fraction of sp³-hybridized carbons (Fsp3) is 0.0588. The van der Waals surface area contributed by atoms with Crippen molar-refractivity contribution in [1.82, 2.24) is 15.0 Å². The van der Waals surface area contributed by atoms with Gasteiger partial charge in [-0.3, -0.25) is 4.98 Å². The minimum atomic E-state index is -4.79. The zero-order valence-electron chi connectivity index (χ0n) is 12.9. The Morgan fingerprint density at radius 1 is 1.04 bits per heavy atom. The van der Waals surface area contributed by atoms with Gasteiger partial charge in [-0.1, -0.05) is 0 Å². The van der Waals surface area contributed by atoms with Crippen molar-refractivity contribution in [1.29, 1.82) is 0 Å². The van der Waals surface area contributed by atoms with Crippen LogP contribution in [0.3, 0.4) is 0 Å². The molecule has 6 nitrogen and oxygen atoms in total. The third-order valence-electron chi connectivity index (χ3n) is 3.25. The van der Waals surface area contributed by atoms with E-state index in [1.165, 1.54) is 24.4 Å². The van der Waals surface area contributed by atoms with Crippen LogP contribution in [0.1, 0.15) is 10.5 Å². The molecule has 1 N–H and O–H groups in total. The highest BCUT2D eigenvalue weighted by molar-refractivity contribution is 5.87. The van der Waals surface area contributed by atoms with E-state index in [1.54, 1.807) is 18.3 Å². The molecule has 2 heterocycles. The van der Waals surface area contributed by atoms with E-state index < -0.39 is 12.3 Å². The number of rotatable bonds is 4. The van der Waals surface area contributed by atoms with E-state index in [2.05, 4.69) is 19.7 Å². The molecule has 0 atom stereocenters. The molecule has 26 heavy (non-hydrogen) atoms. The molecule has 0 amide bonds. The van der Waals surface area contributed by atoms with Gasteiger partial charge in [0.1, 0.15) is 5.75 Å². The summed E-state index contributed by atoms with van der Waals surface area (Å²) in [7, 11) is 0. The van der Waals surface area contributed by atoms with Crippen molar-refractivity contribution in [2.75, 3.05) is 0 Å². The summed E-state index contributed by atoms with van der Waals surface area (Å²) in [6.07, 6.45) is -1.77. The number of halogens is 3. The van der Waals surface area contributed by atoms with Gasteiger partial charge in [0.25, 0.3) is 0 Å². The molecule has 0 aliphatic rings. The Bertz CT molecular complexity index is 929. The van der Waals surface area contributed by atoms with Gasteiger partial charge in [0, 0.05) is 23.5 Å². The second kappa shape index (κ2) is 6.79. The van der Waals surface area contributed by atoms with Crippen LogP contribution in [0.5, 0.6) is 5.75 Å². The monoisotopic (exact) mass is 361 g/mol. The highest BCUT2D eigenvalue weighted by Crippen LogP contribution is 2.27. The standard InChI is InChI=1S/C17H10F3N3O3/c18-17(19,20)26-12-5-3-10(4-6-12)13-8-14(16(24)25)23-15(22-13)11-2-1-7-21-9-11/h1-9H,(H,24,25). The van der Waals surface area contributed by atoms with Gasteiger partial charge >= 0.3 is 12.3 Å². The van der Waals surface area contributed by atoms with Crippen LogP contribution in [-0.2, 0) is 0 Å². The summed E-state index contributed by atoms with van der Waals surface area (Å²) in [4.78, 5) is 23.5. The van der Waals surface area contributed by atoms with Crippen molar-refractivity contribution in [3.05, 3.63) is 60.6 Å². The Labute approximate surface area is 145 Å². The van der Waals surface area contributed by atoms with Gasteiger partial charge in [0.05, 0.1) is 5.69 Å². The molecule has 0 aliphatic carbocycles. The maximum atomic E-state index is 12.2. The Hall–Kier alpha value is -3.49. The third-order valence-corrected chi connectivity index (χ3v) is 3.25. The molecule has 0 saturated heterocycles.